The third-order valence-electron chi connectivity index (χ3n) is 3.79. The van der Waals surface area contributed by atoms with Gasteiger partial charge in [-0.3, -0.25) is 4.79 Å². The molecule has 1 heterocycles. The first-order valence-electron chi connectivity index (χ1n) is 7.57. The first kappa shape index (κ1) is 15.6. The Morgan fingerprint density at radius 1 is 1.33 bits per heavy atom. The quantitative estimate of drug-likeness (QED) is 0.849. The largest absolute Gasteiger partial charge is 0.459 e. The van der Waals surface area contributed by atoms with Crippen LogP contribution < -0.4 is 0 Å². The fraction of sp³-hybridized carbons (Fsp3) is 0.625. The SMILES string of the molecule is CCN(C(=O)c1[nH]c(C)c(C(=O)OC(C)C)c1C)C1CC1. The fourth-order valence-electron chi connectivity index (χ4n) is 2.64. The molecular formula is C16H24N2O3. The molecule has 0 atom stereocenters. The van der Waals surface area contributed by atoms with Crippen molar-refractivity contribution in [1.29, 1.82) is 0 Å². The Labute approximate surface area is 125 Å². The van der Waals surface area contributed by atoms with E-state index in [4.69, 9.17) is 4.74 Å². The summed E-state index contributed by atoms with van der Waals surface area (Å²) in [6, 6.07) is 0.358. The van der Waals surface area contributed by atoms with E-state index in [0.29, 0.717) is 35.1 Å². The summed E-state index contributed by atoms with van der Waals surface area (Å²) in [4.78, 5) is 29.7. The van der Waals surface area contributed by atoms with Crippen molar-refractivity contribution in [3.8, 4) is 0 Å². The highest BCUT2D eigenvalue weighted by molar-refractivity contribution is 6.00. The zero-order chi connectivity index (χ0) is 15.7. The van der Waals surface area contributed by atoms with Gasteiger partial charge < -0.3 is 14.6 Å². The smallest absolute Gasteiger partial charge is 0.340 e. The average Bonchev–Trinajstić information content (AvgIpc) is 3.15. The van der Waals surface area contributed by atoms with Crippen molar-refractivity contribution < 1.29 is 14.3 Å². The highest BCUT2D eigenvalue weighted by Crippen LogP contribution is 2.29. The van der Waals surface area contributed by atoms with E-state index < -0.39 is 0 Å². The Bertz CT molecular complexity index is 556. The summed E-state index contributed by atoms with van der Waals surface area (Å²) in [5.41, 5.74) is 2.37. The lowest BCUT2D eigenvalue weighted by Crippen LogP contribution is -2.33. The molecule has 0 spiro atoms. The Hall–Kier alpha value is -1.78. The van der Waals surface area contributed by atoms with Gasteiger partial charge in [0.15, 0.2) is 0 Å². The summed E-state index contributed by atoms with van der Waals surface area (Å²) < 4.78 is 5.25. The third-order valence-corrected chi connectivity index (χ3v) is 3.79. The van der Waals surface area contributed by atoms with Crippen LogP contribution in [0.3, 0.4) is 0 Å². The van der Waals surface area contributed by atoms with Gasteiger partial charge in [-0.2, -0.15) is 0 Å². The molecule has 0 bridgehead atoms. The molecule has 1 aromatic heterocycles. The topological polar surface area (TPSA) is 62.4 Å². The average molecular weight is 292 g/mol. The van der Waals surface area contributed by atoms with Crippen LogP contribution in [0.5, 0.6) is 0 Å². The summed E-state index contributed by atoms with van der Waals surface area (Å²) in [6.07, 6.45) is 1.96. The van der Waals surface area contributed by atoms with Gasteiger partial charge in [0.25, 0.3) is 5.91 Å². The first-order chi connectivity index (χ1) is 9.86. The van der Waals surface area contributed by atoms with Crippen molar-refractivity contribution in [2.24, 2.45) is 0 Å². The number of rotatable bonds is 5. The molecular weight excluding hydrogens is 268 g/mol. The molecule has 1 fully saturated rings. The molecule has 0 aliphatic heterocycles. The number of H-pyrrole nitrogens is 1. The number of aromatic nitrogens is 1. The molecule has 1 amide bonds. The minimum atomic E-state index is -0.371. The number of nitrogens with one attached hydrogen (secondary N) is 1. The summed E-state index contributed by atoms with van der Waals surface area (Å²) in [5.74, 6) is -0.394. The van der Waals surface area contributed by atoms with Gasteiger partial charge >= 0.3 is 5.97 Å². The minimum Gasteiger partial charge on any atom is -0.459 e. The van der Waals surface area contributed by atoms with Gasteiger partial charge in [-0.15, -0.1) is 0 Å². The number of carbonyl (C=O) groups excluding carboxylic acids is 2. The van der Waals surface area contributed by atoms with Crippen LogP contribution in [0.15, 0.2) is 0 Å². The third kappa shape index (κ3) is 3.12. The van der Waals surface area contributed by atoms with E-state index in [-0.39, 0.29) is 18.0 Å². The molecule has 1 N–H and O–H groups in total. The van der Waals surface area contributed by atoms with Crippen LogP contribution in [-0.4, -0.2) is 40.5 Å². The van der Waals surface area contributed by atoms with E-state index in [1.807, 2.05) is 25.7 Å². The Morgan fingerprint density at radius 3 is 2.43 bits per heavy atom. The highest BCUT2D eigenvalue weighted by Gasteiger charge is 2.34. The van der Waals surface area contributed by atoms with Crippen LogP contribution in [0.1, 0.15) is 65.7 Å². The lowest BCUT2D eigenvalue weighted by molar-refractivity contribution is 0.0376. The Kier molecular flexibility index (Phi) is 4.40. The van der Waals surface area contributed by atoms with E-state index in [1.165, 1.54) is 0 Å². The van der Waals surface area contributed by atoms with E-state index in [2.05, 4.69) is 4.98 Å². The second-order valence-electron chi connectivity index (χ2n) is 5.90. The number of aromatic amines is 1. The highest BCUT2D eigenvalue weighted by atomic mass is 16.5. The molecule has 0 saturated heterocycles. The maximum absolute atomic E-state index is 12.6. The van der Waals surface area contributed by atoms with Crippen molar-refractivity contribution in [2.45, 2.75) is 59.6 Å². The van der Waals surface area contributed by atoms with Crippen LogP contribution in [0.4, 0.5) is 0 Å². The van der Waals surface area contributed by atoms with Gasteiger partial charge in [0.05, 0.1) is 11.7 Å². The second-order valence-corrected chi connectivity index (χ2v) is 5.90. The first-order valence-corrected chi connectivity index (χ1v) is 7.57. The van der Waals surface area contributed by atoms with Gasteiger partial charge in [0, 0.05) is 18.3 Å². The molecule has 1 aromatic rings. The molecule has 21 heavy (non-hydrogen) atoms. The molecule has 0 radical (unpaired) electrons. The summed E-state index contributed by atoms with van der Waals surface area (Å²) in [7, 11) is 0. The van der Waals surface area contributed by atoms with E-state index in [1.54, 1.807) is 13.8 Å². The maximum Gasteiger partial charge on any atom is 0.340 e. The summed E-state index contributed by atoms with van der Waals surface area (Å²) in [5, 5.41) is 0. The van der Waals surface area contributed by atoms with E-state index in [9.17, 15) is 9.59 Å². The molecule has 0 aromatic carbocycles. The minimum absolute atomic E-state index is 0.0239. The van der Waals surface area contributed by atoms with E-state index >= 15 is 0 Å². The predicted octanol–water partition coefficient (Wildman–Crippen LogP) is 2.82. The monoisotopic (exact) mass is 292 g/mol. The molecule has 5 heteroatoms. The van der Waals surface area contributed by atoms with Gasteiger partial charge in [-0.05, 0) is 53.0 Å². The van der Waals surface area contributed by atoms with Crippen LogP contribution in [0, 0.1) is 13.8 Å². The second kappa shape index (κ2) is 5.92. The number of ether oxygens (including phenoxy) is 1. The molecule has 2 rings (SSSR count). The fourth-order valence-corrected chi connectivity index (χ4v) is 2.64. The van der Waals surface area contributed by atoms with Crippen molar-refractivity contribution in [3.05, 3.63) is 22.5 Å². The van der Waals surface area contributed by atoms with Gasteiger partial charge in [-0.1, -0.05) is 0 Å². The number of carbonyl (C=O) groups is 2. The van der Waals surface area contributed by atoms with E-state index in [0.717, 1.165) is 12.8 Å². The molecule has 1 aliphatic carbocycles. The standard InChI is InChI=1S/C16H24N2O3/c1-6-18(12-7-8-12)15(19)14-10(4)13(11(5)17-14)16(20)21-9(2)3/h9,12,17H,6-8H2,1-5H3. The molecule has 1 aliphatic rings. The summed E-state index contributed by atoms with van der Waals surface area (Å²) in [6.45, 7) is 9.89. The number of hydrogen-bond acceptors (Lipinski definition) is 3. The van der Waals surface area contributed by atoms with Crippen molar-refractivity contribution in [1.82, 2.24) is 9.88 Å². The van der Waals surface area contributed by atoms with Crippen molar-refractivity contribution in [3.63, 3.8) is 0 Å². The lowest BCUT2D eigenvalue weighted by Gasteiger charge is -2.20. The Morgan fingerprint density at radius 2 is 1.95 bits per heavy atom. The van der Waals surface area contributed by atoms with Crippen LogP contribution in [0.25, 0.3) is 0 Å². The zero-order valence-electron chi connectivity index (χ0n) is 13.4. The van der Waals surface area contributed by atoms with Crippen molar-refractivity contribution in [2.75, 3.05) is 6.54 Å². The van der Waals surface area contributed by atoms with Crippen LogP contribution in [-0.2, 0) is 4.74 Å². The van der Waals surface area contributed by atoms with Gasteiger partial charge in [0.2, 0.25) is 0 Å². The molecule has 1 saturated carbocycles. The Balaban J connectivity index is 2.29. The van der Waals surface area contributed by atoms with Crippen LogP contribution in [0.2, 0.25) is 0 Å². The van der Waals surface area contributed by atoms with Crippen LogP contribution >= 0.6 is 0 Å². The van der Waals surface area contributed by atoms with Gasteiger partial charge in [0.1, 0.15) is 5.69 Å². The molecule has 116 valence electrons. The zero-order valence-corrected chi connectivity index (χ0v) is 13.4. The number of nitrogens with zero attached hydrogens (tertiary/aromatic N) is 1. The molecule has 0 unspecified atom stereocenters. The molecule has 5 nitrogen and oxygen atoms in total. The lowest BCUT2D eigenvalue weighted by atomic mass is 10.1. The summed E-state index contributed by atoms with van der Waals surface area (Å²) >= 11 is 0. The number of esters is 1. The normalized spacial score (nSPS) is 14.4. The number of amides is 1. The number of aryl methyl sites for hydroxylation is 1. The maximum atomic E-state index is 12.6. The van der Waals surface area contributed by atoms with Crippen molar-refractivity contribution >= 4 is 11.9 Å². The predicted molar refractivity (Wildman–Crippen MR) is 80.6 cm³/mol. The van der Waals surface area contributed by atoms with Gasteiger partial charge in [-0.25, -0.2) is 4.79 Å². The number of hydrogen-bond donors (Lipinski definition) is 1.